The summed E-state index contributed by atoms with van der Waals surface area (Å²) in [4.78, 5) is 0. The molecule has 0 saturated heterocycles. The van der Waals surface area contributed by atoms with Crippen molar-refractivity contribution in [3.8, 4) is 44.5 Å². The Bertz CT molecular complexity index is 3630. The van der Waals surface area contributed by atoms with Gasteiger partial charge >= 0.3 is 378 Å². The van der Waals surface area contributed by atoms with Crippen LogP contribution in [0.5, 0.6) is 0 Å². The van der Waals surface area contributed by atoms with E-state index in [1.54, 1.807) is 0 Å². The molecule has 1 heterocycles. The quantitative estimate of drug-likeness (QED) is 0.119. The Labute approximate surface area is 403 Å². The number of benzene rings is 10. The van der Waals surface area contributed by atoms with Gasteiger partial charge in [-0.3, -0.25) is 0 Å². The van der Waals surface area contributed by atoms with E-state index in [1.165, 1.54) is 129 Å². The van der Waals surface area contributed by atoms with Crippen molar-refractivity contribution in [2.75, 3.05) is 0 Å². The maximum absolute atomic E-state index is 2.52. The number of hydrogen-bond donors (Lipinski definition) is 0. The van der Waals surface area contributed by atoms with Gasteiger partial charge in [0.05, 0.1) is 0 Å². The SMILES string of the molecule is CCc1cc(-c2c3ccccc3c(-c3ccc4[se]c5c(-c6c7ccccc7c(-c7cc(C(C)(C)C)cc(C(C)(C)C)c7)c7ccccc67)cccc5c4c3)c3ccccc23)cc(C(C)(C)C)c1. The van der Waals surface area contributed by atoms with Crippen molar-refractivity contribution in [1.82, 2.24) is 0 Å². The molecule has 11 rings (SSSR count). The van der Waals surface area contributed by atoms with Crippen molar-refractivity contribution < 1.29 is 0 Å². The molecule has 330 valence electrons. The topological polar surface area (TPSA) is 0 Å². The smallest absolute Gasteiger partial charge is 0.0561 e. The summed E-state index contributed by atoms with van der Waals surface area (Å²) in [6.45, 7) is 23.3. The molecule has 11 aromatic rings. The second-order valence-corrected chi connectivity index (χ2v) is 24.2. The van der Waals surface area contributed by atoms with Gasteiger partial charge in [0, 0.05) is 0 Å². The molecule has 0 radical (unpaired) electrons. The molecule has 0 spiro atoms. The Morgan fingerprint density at radius 2 is 0.716 bits per heavy atom. The van der Waals surface area contributed by atoms with E-state index in [-0.39, 0.29) is 30.7 Å². The Morgan fingerprint density at radius 1 is 0.328 bits per heavy atom. The fourth-order valence-electron chi connectivity index (χ4n) is 10.7. The maximum atomic E-state index is 2.52. The van der Waals surface area contributed by atoms with Gasteiger partial charge in [-0.1, -0.05) is 27.7 Å². The van der Waals surface area contributed by atoms with Crippen molar-refractivity contribution >= 4 is 76.9 Å². The van der Waals surface area contributed by atoms with Crippen LogP contribution in [0.4, 0.5) is 0 Å². The molecule has 0 aliphatic rings. The summed E-state index contributed by atoms with van der Waals surface area (Å²) in [6, 6.07) is 65.8. The van der Waals surface area contributed by atoms with E-state index in [4.69, 9.17) is 0 Å². The molecule has 1 heteroatoms. The van der Waals surface area contributed by atoms with E-state index < -0.39 is 0 Å². The van der Waals surface area contributed by atoms with Gasteiger partial charge < -0.3 is 0 Å². The summed E-state index contributed by atoms with van der Waals surface area (Å²) in [5.74, 6) is 0. The molecule has 0 saturated carbocycles. The molecule has 0 nitrogen and oxygen atoms in total. The normalized spacial score (nSPS) is 12.7. The van der Waals surface area contributed by atoms with Gasteiger partial charge in [-0.25, -0.2) is 0 Å². The zero-order valence-corrected chi connectivity index (χ0v) is 42.5. The number of hydrogen-bond acceptors (Lipinski definition) is 0. The number of fused-ring (bicyclic) bond motifs is 7. The first kappa shape index (κ1) is 43.3. The van der Waals surface area contributed by atoms with Crippen molar-refractivity contribution in [1.29, 1.82) is 0 Å². The van der Waals surface area contributed by atoms with Crippen LogP contribution in [-0.2, 0) is 22.7 Å². The van der Waals surface area contributed by atoms with Crippen LogP contribution >= 0.6 is 0 Å². The summed E-state index contributed by atoms with van der Waals surface area (Å²) in [6.07, 6.45) is 1.01. The molecule has 0 fully saturated rings. The first-order valence-electron chi connectivity index (χ1n) is 24.2. The van der Waals surface area contributed by atoms with Gasteiger partial charge in [0.1, 0.15) is 0 Å². The third-order valence-electron chi connectivity index (χ3n) is 14.4. The van der Waals surface area contributed by atoms with E-state index in [9.17, 15) is 0 Å². The van der Waals surface area contributed by atoms with Crippen molar-refractivity contribution in [2.45, 2.75) is 91.9 Å². The molecule has 0 N–H and O–H groups in total. The molecular weight excluding hydrogens is 872 g/mol. The standard InChI is InChI=1S/C66H60Se/c1-11-40-33-42(35-44(34-40)64(2,3)4)60-49-23-14-12-21-47(49)59(48-22-13-15-24-50(48)60)41-31-32-58-57(38-41)55-29-20-30-56(63(55)67-58)62-53-27-18-16-25-51(53)61(52-26-17-19-28-54(52)62)43-36-45(65(5,6)7)39-46(37-43)66(8,9)10/h12-39H,11H2,1-10H3. The van der Waals surface area contributed by atoms with Gasteiger partial charge in [-0.05, 0) is 0 Å². The van der Waals surface area contributed by atoms with Gasteiger partial charge in [0.25, 0.3) is 0 Å². The van der Waals surface area contributed by atoms with Crippen LogP contribution in [0.2, 0.25) is 0 Å². The second kappa shape index (κ2) is 15.9. The van der Waals surface area contributed by atoms with E-state index in [0.29, 0.717) is 0 Å². The van der Waals surface area contributed by atoms with Crippen LogP contribution in [0.1, 0.15) is 91.5 Å². The van der Waals surface area contributed by atoms with Gasteiger partial charge in [0.2, 0.25) is 0 Å². The fourth-order valence-corrected chi connectivity index (χ4v) is 13.3. The first-order valence-corrected chi connectivity index (χ1v) is 25.9. The van der Waals surface area contributed by atoms with Crippen molar-refractivity contribution in [3.05, 3.63) is 192 Å². The summed E-state index contributed by atoms with van der Waals surface area (Å²) in [5.41, 5.74) is 16.2. The second-order valence-electron chi connectivity index (χ2n) is 22.0. The minimum atomic E-state index is 0.0181. The summed E-state index contributed by atoms with van der Waals surface area (Å²) in [5, 5.41) is 13.2. The number of rotatable bonds is 5. The van der Waals surface area contributed by atoms with Crippen LogP contribution in [-0.4, -0.2) is 14.5 Å². The summed E-state index contributed by atoms with van der Waals surface area (Å²) < 4.78 is 2.93. The van der Waals surface area contributed by atoms with Crippen LogP contribution in [0, 0.1) is 0 Å². The molecule has 0 amide bonds. The van der Waals surface area contributed by atoms with Crippen LogP contribution < -0.4 is 0 Å². The van der Waals surface area contributed by atoms with Gasteiger partial charge in [0.15, 0.2) is 0 Å². The van der Waals surface area contributed by atoms with Crippen molar-refractivity contribution in [2.24, 2.45) is 0 Å². The first-order chi connectivity index (χ1) is 32.1. The van der Waals surface area contributed by atoms with Gasteiger partial charge in [-0.2, -0.15) is 0 Å². The molecule has 0 atom stereocenters. The molecule has 1 aromatic heterocycles. The van der Waals surface area contributed by atoms with E-state index in [2.05, 4.69) is 239 Å². The number of aryl methyl sites for hydroxylation is 1. The predicted molar refractivity (Wildman–Crippen MR) is 296 cm³/mol. The molecule has 0 aliphatic carbocycles. The average molecular weight is 932 g/mol. The molecule has 0 bridgehead atoms. The molecule has 67 heavy (non-hydrogen) atoms. The molecule has 10 aromatic carbocycles. The fraction of sp³-hybridized carbons (Fsp3) is 0.212. The molecule has 0 unspecified atom stereocenters. The van der Waals surface area contributed by atoms with Gasteiger partial charge in [-0.15, -0.1) is 0 Å². The summed E-state index contributed by atoms with van der Waals surface area (Å²) in [7, 11) is 0. The van der Waals surface area contributed by atoms with Crippen LogP contribution in [0.15, 0.2) is 170 Å². The minimum absolute atomic E-state index is 0.0181. The Morgan fingerprint density at radius 3 is 1.15 bits per heavy atom. The average Bonchev–Trinajstić information content (AvgIpc) is 3.69. The van der Waals surface area contributed by atoms with Crippen LogP contribution in [0.3, 0.4) is 0 Å². The molecule has 0 aliphatic heterocycles. The Kier molecular flexibility index (Phi) is 10.3. The van der Waals surface area contributed by atoms with Crippen LogP contribution in [0.25, 0.3) is 107 Å². The van der Waals surface area contributed by atoms with E-state index >= 15 is 0 Å². The predicted octanol–water partition coefficient (Wildman–Crippen LogP) is 18.8. The third kappa shape index (κ3) is 7.34. The van der Waals surface area contributed by atoms with Crippen molar-refractivity contribution in [3.63, 3.8) is 0 Å². The zero-order chi connectivity index (χ0) is 46.6. The molecular formula is C66H60Se. The van der Waals surface area contributed by atoms with E-state index in [1.807, 2.05) is 0 Å². The monoisotopic (exact) mass is 932 g/mol. The minimum Gasteiger partial charge on any atom is -0.0561 e. The third-order valence-corrected chi connectivity index (χ3v) is 17.0. The zero-order valence-electron chi connectivity index (χ0n) is 40.8. The Balaban J connectivity index is 1.14. The van der Waals surface area contributed by atoms with E-state index in [0.717, 1.165) is 6.42 Å². The summed E-state index contributed by atoms with van der Waals surface area (Å²) >= 11 is 0.131. The Hall–Kier alpha value is -6.24.